The van der Waals surface area contributed by atoms with Gasteiger partial charge in [-0.2, -0.15) is 0 Å². The number of nitrogens with one attached hydrogen (secondary N) is 1. The smallest absolute Gasteiger partial charge is 0.254 e. The minimum atomic E-state index is -0.653. The fraction of sp³-hybridized carbons (Fsp3) is 0.556. The van der Waals surface area contributed by atoms with Crippen molar-refractivity contribution in [3.8, 4) is 0 Å². The highest BCUT2D eigenvalue weighted by Crippen LogP contribution is 2.11. The lowest BCUT2D eigenvalue weighted by Gasteiger charge is -2.29. The summed E-state index contributed by atoms with van der Waals surface area (Å²) in [7, 11) is 0. The number of nitrogens with zero attached hydrogens (tertiary/aromatic N) is 1. The highest BCUT2D eigenvalue weighted by atomic mass is 19.1. The quantitative estimate of drug-likeness (QED) is 0.799. The van der Waals surface area contributed by atoms with Gasteiger partial charge in [0.05, 0.1) is 5.56 Å². The molecule has 1 N–H and O–H groups in total. The molecule has 1 unspecified atom stereocenters. The van der Waals surface area contributed by atoms with Crippen molar-refractivity contribution in [2.75, 3.05) is 13.1 Å². The summed E-state index contributed by atoms with van der Waals surface area (Å²) in [6, 6.07) is 5.14. The molecule has 1 atom stereocenters. The summed E-state index contributed by atoms with van der Waals surface area (Å²) in [5.74, 6) is -1.31. The summed E-state index contributed by atoms with van der Waals surface area (Å²) in [6.07, 6.45) is 1.72. The largest absolute Gasteiger partial charge is 0.341 e. The van der Waals surface area contributed by atoms with Crippen molar-refractivity contribution in [2.45, 2.75) is 46.6 Å². The van der Waals surface area contributed by atoms with Gasteiger partial charge < -0.3 is 10.2 Å². The molecule has 0 aromatic heterocycles. The number of carbonyl (C=O) groups excluding carboxylic acids is 2. The fourth-order valence-corrected chi connectivity index (χ4v) is 2.45. The van der Waals surface area contributed by atoms with Gasteiger partial charge in [-0.15, -0.1) is 0 Å². The Balaban J connectivity index is 2.92. The predicted molar refractivity (Wildman–Crippen MR) is 89.7 cm³/mol. The van der Waals surface area contributed by atoms with Crippen molar-refractivity contribution in [3.63, 3.8) is 0 Å². The zero-order valence-electron chi connectivity index (χ0n) is 14.4. The van der Waals surface area contributed by atoms with Crippen molar-refractivity contribution in [1.29, 1.82) is 0 Å². The maximum absolute atomic E-state index is 13.7. The van der Waals surface area contributed by atoms with Crippen LogP contribution in [-0.4, -0.2) is 35.8 Å². The van der Waals surface area contributed by atoms with Crippen LogP contribution in [0.15, 0.2) is 24.3 Å². The molecule has 1 aromatic rings. The maximum Gasteiger partial charge on any atom is 0.254 e. The molecular weight excluding hydrogens is 295 g/mol. The van der Waals surface area contributed by atoms with Crippen molar-refractivity contribution in [1.82, 2.24) is 10.2 Å². The molecule has 1 rings (SSSR count). The summed E-state index contributed by atoms with van der Waals surface area (Å²) >= 11 is 0. The Hall–Kier alpha value is -1.91. The average molecular weight is 322 g/mol. The first-order chi connectivity index (χ1) is 10.9. The second-order valence-corrected chi connectivity index (χ2v) is 6.00. The minimum Gasteiger partial charge on any atom is -0.341 e. The van der Waals surface area contributed by atoms with Crippen LogP contribution in [0, 0.1) is 11.7 Å². The predicted octanol–water partition coefficient (Wildman–Crippen LogP) is 3.23. The molecule has 0 heterocycles. The van der Waals surface area contributed by atoms with E-state index in [2.05, 4.69) is 5.32 Å². The number of rotatable bonds is 8. The molecule has 0 bridgehead atoms. The number of amides is 2. The van der Waals surface area contributed by atoms with Gasteiger partial charge in [0.25, 0.3) is 5.91 Å². The summed E-state index contributed by atoms with van der Waals surface area (Å²) in [5, 5.41) is 2.70. The zero-order chi connectivity index (χ0) is 17.4. The molecule has 128 valence electrons. The number of hydrogen-bond acceptors (Lipinski definition) is 2. The standard InChI is InChI=1S/C18H27FN2O2/c1-5-11-21(12-6-2)18(23)16(13(3)4)20-17(22)14-9-7-8-10-15(14)19/h7-10,13,16H,5-6,11-12H2,1-4H3,(H,20,22). The molecule has 1 aromatic carbocycles. The highest BCUT2D eigenvalue weighted by Gasteiger charge is 2.28. The monoisotopic (exact) mass is 322 g/mol. The lowest BCUT2D eigenvalue weighted by molar-refractivity contribution is -0.134. The average Bonchev–Trinajstić information content (AvgIpc) is 2.51. The summed E-state index contributed by atoms with van der Waals surface area (Å²) in [4.78, 5) is 26.8. The second kappa shape index (κ2) is 9.28. The molecule has 2 amide bonds. The molecule has 5 heteroatoms. The number of carbonyl (C=O) groups is 2. The van der Waals surface area contributed by atoms with E-state index in [0.717, 1.165) is 12.8 Å². The van der Waals surface area contributed by atoms with Crippen LogP contribution in [0.4, 0.5) is 4.39 Å². The van der Waals surface area contributed by atoms with Gasteiger partial charge in [-0.1, -0.05) is 39.8 Å². The van der Waals surface area contributed by atoms with E-state index in [1.165, 1.54) is 18.2 Å². The Labute approximate surface area is 138 Å². The molecule has 0 saturated carbocycles. The first kappa shape index (κ1) is 19.1. The van der Waals surface area contributed by atoms with Crippen LogP contribution in [0.5, 0.6) is 0 Å². The van der Waals surface area contributed by atoms with Gasteiger partial charge in [0.15, 0.2) is 0 Å². The van der Waals surface area contributed by atoms with Gasteiger partial charge in [-0.3, -0.25) is 9.59 Å². The molecule has 0 fully saturated rings. The van der Waals surface area contributed by atoms with Gasteiger partial charge in [0.1, 0.15) is 11.9 Å². The molecule has 0 spiro atoms. The second-order valence-electron chi connectivity index (χ2n) is 6.00. The molecule has 0 aliphatic rings. The molecule has 0 saturated heterocycles. The maximum atomic E-state index is 13.7. The Bertz CT molecular complexity index is 526. The summed E-state index contributed by atoms with van der Waals surface area (Å²) in [6.45, 7) is 9.09. The fourth-order valence-electron chi connectivity index (χ4n) is 2.45. The Morgan fingerprint density at radius 1 is 1.13 bits per heavy atom. The molecule has 0 aliphatic carbocycles. The third-order valence-corrected chi connectivity index (χ3v) is 3.64. The lowest BCUT2D eigenvalue weighted by atomic mass is 10.0. The zero-order valence-corrected chi connectivity index (χ0v) is 14.4. The number of hydrogen-bond donors (Lipinski definition) is 1. The van der Waals surface area contributed by atoms with Crippen molar-refractivity contribution < 1.29 is 14.0 Å². The minimum absolute atomic E-state index is 0.0384. The third kappa shape index (κ3) is 5.34. The molecule has 0 aliphatic heterocycles. The SMILES string of the molecule is CCCN(CCC)C(=O)C(NC(=O)c1ccccc1F)C(C)C. The van der Waals surface area contributed by atoms with Crippen LogP contribution in [0.2, 0.25) is 0 Å². The molecule has 0 radical (unpaired) electrons. The van der Waals surface area contributed by atoms with Crippen LogP contribution >= 0.6 is 0 Å². The van der Waals surface area contributed by atoms with E-state index in [9.17, 15) is 14.0 Å². The van der Waals surface area contributed by atoms with E-state index in [-0.39, 0.29) is 17.4 Å². The normalized spacial score (nSPS) is 12.1. The van der Waals surface area contributed by atoms with Gasteiger partial charge in [0, 0.05) is 13.1 Å². The van der Waals surface area contributed by atoms with E-state index in [1.807, 2.05) is 27.7 Å². The summed E-state index contributed by atoms with van der Waals surface area (Å²) in [5.41, 5.74) is -0.0384. The van der Waals surface area contributed by atoms with Crippen molar-refractivity contribution in [3.05, 3.63) is 35.6 Å². The van der Waals surface area contributed by atoms with Crippen LogP contribution < -0.4 is 5.32 Å². The first-order valence-corrected chi connectivity index (χ1v) is 8.26. The number of halogens is 1. The molecule has 23 heavy (non-hydrogen) atoms. The van der Waals surface area contributed by atoms with E-state index < -0.39 is 17.8 Å². The molecule has 4 nitrogen and oxygen atoms in total. The Morgan fingerprint density at radius 3 is 2.17 bits per heavy atom. The number of benzene rings is 1. The van der Waals surface area contributed by atoms with E-state index >= 15 is 0 Å². The van der Waals surface area contributed by atoms with Gasteiger partial charge in [0.2, 0.25) is 5.91 Å². The Morgan fingerprint density at radius 2 is 1.70 bits per heavy atom. The van der Waals surface area contributed by atoms with Crippen LogP contribution in [0.3, 0.4) is 0 Å². The summed E-state index contributed by atoms with van der Waals surface area (Å²) < 4.78 is 13.7. The lowest BCUT2D eigenvalue weighted by Crippen LogP contribution is -2.51. The van der Waals surface area contributed by atoms with E-state index in [0.29, 0.717) is 13.1 Å². The third-order valence-electron chi connectivity index (χ3n) is 3.64. The topological polar surface area (TPSA) is 49.4 Å². The van der Waals surface area contributed by atoms with Gasteiger partial charge >= 0.3 is 0 Å². The van der Waals surface area contributed by atoms with Crippen molar-refractivity contribution >= 4 is 11.8 Å². The first-order valence-electron chi connectivity index (χ1n) is 8.26. The van der Waals surface area contributed by atoms with Gasteiger partial charge in [-0.25, -0.2) is 4.39 Å². The van der Waals surface area contributed by atoms with Gasteiger partial charge in [-0.05, 0) is 30.9 Å². The highest BCUT2D eigenvalue weighted by molar-refractivity contribution is 5.97. The Kier molecular flexibility index (Phi) is 7.72. The van der Waals surface area contributed by atoms with Crippen LogP contribution in [0.25, 0.3) is 0 Å². The molecular formula is C18H27FN2O2. The van der Waals surface area contributed by atoms with Crippen molar-refractivity contribution in [2.24, 2.45) is 5.92 Å². The van der Waals surface area contributed by atoms with E-state index in [4.69, 9.17) is 0 Å². The van der Waals surface area contributed by atoms with E-state index in [1.54, 1.807) is 11.0 Å². The van der Waals surface area contributed by atoms with Crippen LogP contribution in [-0.2, 0) is 4.79 Å². The van der Waals surface area contributed by atoms with Crippen LogP contribution in [0.1, 0.15) is 50.9 Å².